The summed E-state index contributed by atoms with van der Waals surface area (Å²) in [6.07, 6.45) is 2.29. The van der Waals surface area contributed by atoms with Crippen molar-refractivity contribution in [1.29, 1.82) is 0 Å². The van der Waals surface area contributed by atoms with E-state index in [9.17, 15) is 0 Å². The van der Waals surface area contributed by atoms with Crippen LogP contribution in [-0.2, 0) is 13.0 Å². The molecule has 1 N–H and O–H groups in total. The van der Waals surface area contributed by atoms with Gasteiger partial charge in [0.05, 0.1) is 0 Å². The normalized spacial score (nSPS) is 10.8. The lowest BCUT2D eigenvalue weighted by molar-refractivity contribution is 0.681. The van der Waals surface area contributed by atoms with E-state index in [1.807, 2.05) is 11.3 Å². The Hall–Kier alpha value is -1.12. The van der Waals surface area contributed by atoms with Gasteiger partial charge in [0.2, 0.25) is 0 Å². The second-order valence-corrected chi connectivity index (χ2v) is 5.66. The molecule has 0 bridgehead atoms. The van der Waals surface area contributed by atoms with Crippen LogP contribution in [0.3, 0.4) is 0 Å². The molecule has 1 aromatic carbocycles. The van der Waals surface area contributed by atoms with Crippen molar-refractivity contribution in [3.63, 3.8) is 0 Å². The predicted octanol–water partition coefficient (Wildman–Crippen LogP) is 4.48. The average molecular weight is 259 g/mol. The lowest BCUT2D eigenvalue weighted by Gasteiger charge is -2.01. The minimum atomic E-state index is 0.992. The van der Waals surface area contributed by atoms with E-state index in [1.165, 1.54) is 27.3 Å². The molecule has 0 saturated carbocycles. The highest BCUT2D eigenvalue weighted by Crippen LogP contribution is 2.28. The Kier molecular flexibility index (Phi) is 4.97. The summed E-state index contributed by atoms with van der Waals surface area (Å²) in [5, 5.41) is 3.45. The van der Waals surface area contributed by atoms with Gasteiger partial charge in [-0.05, 0) is 42.6 Å². The summed E-state index contributed by atoms with van der Waals surface area (Å²) in [5.74, 6) is 0. The first-order chi connectivity index (χ1) is 8.83. The van der Waals surface area contributed by atoms with E-state index in [0.29, 0.717) is 0 Å². The largest absolute Gasteiger partial charge is 0.312 e. The van der Waals surface area contributed by atoms with Gasteiger partial charge < -0.3 is 5.32 Å². The second kappa shape index (κ2) is 6.72. The van der Waals surface area contributed by atoms with Crippen molar-refractivity contribution in [2.24, 2.45) is 0 Å². The Morgan fingerprint density at radius 3 is 2.78 bits per heavy atom. The molecule has 18 heavy (non-hydrogen) atoms. The molecule has 0 aliphatic carbocycles. The zero-order valence-electron chi connectivity index (χ0n) is 11.2. The third kappa shape index (κ3) is 3.44. The van der Waals surface area contributed by atoms with Gasteiger partial charge in [-0.25, -0.2) is 0 Å². The molecule has 0 saturated heterocycles. The Labute approximate surface area is 114 Å². The molecule has 0 fully saturated rings. The minimum Gasteiger partial charge on any atom is -0.312 e. The highest BCUT2D eigenvalue weighted by atomic mass is 32.1. The molecule has 1 heterocycles. The fourth-order valence-electron chi connectivity index (χ4n) is 1.96. The summed E-state index contributed by atoms with van der Waals surface area (Å²) < 4.78 is 0. The van der Waals surface area contributed by atoms with Gasteiger partial charge >= 0.3 is 0 Å². The van der Waals surface area contributed by atoms with E-state index in [-0.39, 0.29) is 0 Å². The van der Waals surface area contributed by atoms with Crippen LogP contribution in [0.5, 0.6) is 0 Å². The monoisotopic (exact) mass is 259 g/mol. The smallest absolute Gasteiger partial charge is 0.0346 e. The molecule has 1 nitrogen and oxygen atoms in total. The van der Waals surface area contributed by atoms with E-state index >= 15 is 0 Å². The highest BCUT2D eigenvalue weighted by molar-refractivity contribution is 7.15. The van der Waals surface area contributed by atoms with Gasteiger partial charge in [0.15, 0.2) is 0 Å². The minimum absolute atomic E-state index is 0.992. The van der Waals surface area contributed by atoms with Crippen molar-refractivity contribution in [2.75, 3.05) is 6.54 Å². The summed E-state index contributed by atoms with van der Waals surface area (Å²) in [6.45, 7) is 6.49. The van der Waals surface area contributed by atoms with Crippen molar-refractivity contribution in [2.45, 2.75) is 33.2 Å². The standard InChI is InChI=1S/C16H21NS/c1-3-10-17-12-15-8-9-16(18-15)14-7-5-6-13(4-2)11-14/h5-9,11,17H,3-4,10,12H2,1-2H3. The van der Waals surface area contributed by atoms with Crippen molar-refractivity contribution >= 4 is 11.3 Å². The number of benzene rings is 1. The predicted molar refractivity (Wildman–Crippen MR) is 81.1 cm³/mol. The molecule has 2 heteroatoms. The molecule has 0 aliphatic heterocycles. The van der Waals surface area contributed by atoms with Crippen LogP contribution in [0, 0.1) is 0 Å². The molecule has 0 radical (unpaired) electrons. The van der Waals surface area contributed by atoms with E-state index in [0.717, 1.165) is 19.5 Å². The molecular formula is C16H21NS. The molecule has 2 aromatic rings. The maximum Gasteiger partial charge on any atom is 0.0346 e. The topological polar surface area (TPSA) is 12.0 Å². The van der Waals surface area contributed by atoms with Crippen LogP contribution in [0.4, 0.5) is 0 Å². The van der Waals surface area contributed by atoms with Gasteiger partial charge in [-0.3, -0.25) is 0 Å². The number of thiophene rings is 1. The number of hydrogen-bond donors (Lipinski definition) is 1. The second-order valence-electron chi connectivity index (χ2n) is 4.50. The van der Waals surface area contributed by atoms with E-state index in [2.05, 4.69) is 55.6 Å². The van der Waals surface area contributed by atoms with E-state index < -0.39 is 0 Å². The number of nitrogens with one attached hydrogen (secondary N) is 1. The van der Waals surface area contributed by atoms with Crippen LogP contribution in [0.25, 0.3) is 10.4 Å². The van der Waals surface area contributed by atoms with Gasteiger partial charge in [-0.1, -0.05) is 38.1 Å². The van der Waals surface area contributed by atoms with Gasteiger partial charge in [-0.2, -0.15) is 0 Å². The molecule has 0 aliphatic rings. The maximum atomic E-state index is 3.45. The Morgan fingerprint density at radius 2 is 2.00 bits per heavy atom. The average Bonchev–Trinajstić information content (AvgIpc) is 2.88. The molecule has 0 amide bonds. The summed E-state index contributed by atoms with van der Waals surface area (Å²) in [4.78, 5) is 2.79. The first-order valence-corrected chi connectivity index (χ1v) is 7.54. The van der Waals surface area contributed by atoms with E-state index in [1.54, 1.807) is 0 Å². The lowest BCUT2D eigenvalue weighted by atomic mass is 10.1. The molecular weight excluding hydrogens is 238 g/mol. The zero-order valence-corrected chi connectivity index (χ0v) is 12.0. The molecule has 96 valence electrons. The van der Waals surface area contributed by atoms with Crippen molar-refractivity contribution in [3.05, 3.63) is 46.8 Å². The van der Waals surface area contributed by atoms with Crippen LogP contribution in [0.2, 0.25) is 0 Å². The highest BCUT2D eigenvalue weighted by Gasteiger charge is 2.03. The molecule has 1 aromatic heterocycles. The van der Waals surface area contributed by atoms with Crippen molar-refractivity contribution < 1.29 is 0 Å². The van der Waals surface area contributed by atoms with Gasteiger partial charge in [-0.15, -0.1) is 11.3 Å². The third-order valence-electron chi connectivity index (χ3n) is 3.01. The quantitative estimate of drug-likeness (QED) is 0.754. The van der Waals surface area contributed by atoms with Gasteiger partial charge in [0.1, 0.15) is 0 Å². The fraction of sp³-hybridized carbons (Fsp3) is 0.375. The number of hydrogen-bond acceptors (Lipinski definition) is 2. The van der Waals surface area contributed by atoms with Gasteiger partial charge in [0.25, 0.3) is 0 Å². The van der Waals surface area contributed by atoms with Crippen molar-refractivity contribution in [1.82, 2.24) is 5.32 Å². The first-order valence-electron chi connectivity index (χ1n) is 6.72. The first kappa shape index (κ1) is 13.3. The number of rotatable bonds is 6. The maximum absolute atomic E-state index is 3.45. The molecule has 0 spiro atoms. The number of aryl methyl sites for hydroxylation is 1. The third-order valence-corrected chi connectivity index (χ3v) is 4.14. The van der Waals surface area contributed by atoms with Gasteiger partial charge in [0, 0.05) is 16.3 Å². The lowest BCUT2D eigenvalue weighted by Crippen LogP contribution is -2.12. The molecule has 0 unspecified atom stereocenters. The Balaban J connectivity index is 2.08. The van der Waals surface area contributed by atoms with Crippen molar-refractivity contribution in [3.8, 4) is 10.4 Å². The van der Waals surface area contributed by atoms with E-state index in [4.69, 9.17) is 0 Å². The Bertz CT molecular complexity index is 487. The zero-order chi connectivity index (χ0) is 12.8. The van der Waals surface area contributed by atoms with Crippen LogP contribution >= 0.6 is 11.3 Å². The van der Waals surface area contributed by atoms with Crippen LogP contribution in [-0.4, -0.2) is 6.54 Å². The summed E-state index contributed by atoms with van der Waals surface area (Å²) in [6, 6.07) is 13.3. The van der Waals surface area contributed by atoms with Crippen LogP contribution in [0.15, 0.2) is 36.4 Å². The fourth-order valence-corrected chi connectivity index (χ4v) is 2.93. The SMILES string of the molecule is CCCNCc1ccc(-c2cccc(CC)c2)s1. The Morgan fingerprint density at radius 1 is 1.11 bits per heavy atom. The van der Waals surface area contributed by atoms with Crippen LogP contribution in [0.1, 0.15) is 30.7 Å². The summed E-state index contributed by atoms with van der Waals surface area (Å²) >= 11 is 1.89. The summed E-state index contributed by atoms with van der Waals surface area (Å²) in [5.41, 5.74) is 2.76. The summed E-state index contributed by atoms with van der Waals surface area (Å²) in [7, 11) is 0. The van der Waals surface area contributed by atoms with Crippen LogP contribution < -0.4 is 5.32 Å². The molecule has 2 rings (SSSR count). The molecule has 0 atom stereocenters.